The van der Waals surface area contributed by atoms with Gasteiger partial charge in [0.05, 0.1) is 6.20 Å². The molecule has 1 amide bonds. The number of nitrogens with zero attached hydrogens (tertiary/aromatic N) is 1. The number of hydrogen-bond donors (Lipinski definition) is 1. The van der Waals surface area contributed by atoms with Gasteiger partial charge in [0.25, 0.3) is 5.91 Å². The summed E-state index contributed by atoms with van der Waals surface area (Å²) in [7, 11) is 0. The summed E-state index contributed by atoms with van der Waals surface area (Å²) in [5.41, 5.74) is 1.97. The van der Waals surface area contributed by atoms with Gasteiger partial charge in [-0.25, -0.2) is 4.98 Å². The summed E-state index contributed by atoms with van der Waals surface area (Å²) in [5.74, 6) is 0.729. The van der Waals surface area contributed by atoms with Gasteiger partial charge in [0.2, 0.25) is 0 Å². The van der Waals surface area contributed by atoms with Crippen molar-refractivity contribution in [1.82, 2.24) is 4.98 Å². The van der Waals surface area contributed by atoms with E-state index in [-0.39, 0.29) is 11.7 Å². The second-order valence-electron chi connectivity index (χ2n) is 5.78. The Morgan fingerprint density at radius 1 is 1.15 bits per heavy atom. The zero-order valence-electron chi connectivity index (χ0n) is 14.4. The van der Waals surface area contributed by atoms with Crippen LogP contribution in [0.3, 0.4) is 0 Å². The molecule has 0 aliphatic rings. The number of rotatable bonds is 6. The average molecular weight is 350 g/mol. The molecule has 0 aliphatic heterocycles. The van der Waals surface area contributed by atoms with Gasteiger partial charge < -0.3 is 14.5 Å². The van der Waals surface area contributed by atoms with Crippen molar-refractivity contribution in [2.75, 3.05) is 5.32 Å². The molecule has 0 fully saturated rings. The Labute approximate surface area is 150 Å². The van der Waals surface area contributed by atoms with E-state index in [1.807, 2.05) is 12.1 Å². The van der Waals surface area contributed by atoms with Crippen LogP contribution in [-0.2, 0) is 4.79 Å². The second kappa shape index (κ2) is 7.65. The van der Waals surface area contributed by atoms with Crippen LogP contribution in [0.25, 0.3) is 11.3 Å². The molecular formula is C20H18N2O4. The molecule has 0 radical (unpaired) electrons. The molecule has 2 aromatic carbocycles. The SMILES string of the molecule is CC(=O)c1cccc(OC(C)C(=O)Nc2cccc(-c3cnco3)c2)c1. The van der Waals surface area contributed by atoms with Crippen LogP contribution in [0.1, 0.15) is 24.2 Å². The first-order chi connectivity index (χ1) is 12.5. The van der Waals surface area contributed by atoms with E-state index in [1.165, 1.54) is 13.3 Å². The van der Waals surface area contributed by atoms with Gasteiger partial charge in [-0.2, -0.15) is 0 Å². The highest BCUT2D eigenvalue weighted by molar-refractivity contribution is 5.95. The maximum Gasteiger partial charge on any atom is 0.265 e. The molecule has 0 spiro atoms. The minimum absolute atomic E-state index is 0.0585. The Hall–Kier alpha value is -3.41. The van der Waals surface area contributed by atoms with Crippen molar-refractivity contribution in [2.45, 2.75) is 20.0 Å². The number of anilines is 1. The van der Waals surface area contributed by atoms with Crippen molar-refractivity contribution in [3.63, 3.8) is 0 Å². The number of benzene rings is 2. The van der Waals surface area contributed by atoms with Crippen molar-refractivity contribution in [3.05, 3.63) is 66.7 Å². The van der Waals surface area contributed by atoms with Crippen LogP contribution in [0, 0.1) is 0 Å². The Morgan fingerprint density at radius 3 is 2.69 bits per heavy atom. The molecule has 0 saturated heterocycles. The predicted molar refractivity (Wildman–Crippen MR) is 97.1 cm³/mol. The summed E-state index contributed by atoms with van der Waals surface area (Å²) in [6, 6.07) is 14.0. The average Bonchev–Trinajstić information content (AvgIpc) is 3.17. The first-order valence-corrected chi connectivity index (χ1v) is 8.10. The third kappa shape index (κ3) is 4.16. The van der Waals surface area contributed by atoms with Crippen LogP contribution < -0.4 is 10.1 Å². The van der Waals surface area contributed by atoms with Crippen molar-refractivity contribution in [3.8, 4) is 17.1 Å². The van der Waals surface area contributed by atoms with Gasteiger partial charge in [0.1, 0.15) is 5.75 Å². The Kier molecular flexibility index (Phi) is 5.12. The molecule has 6 nitrogen and oxygen atoms in total. The summed E-state index contributed by atoms with van der Waals surface area (Å²) in [6.45, 7) is 3.13. The Balaban J connectivity index is 1.67. The van der Waals surface area contributed by atoms with Gasteiger partial charge in [-0.1, -0.05) is 24.3 Å². The lowest BCUT2D eigenvalue weighted by molar-refractivity contribution is -0.122. The van der Waals surface area contributed by atoms with Crippen LogP contribution in [0.15, 0.2) is 65.5 Å². The third-order valence-corrected chi connectivity index (χ3v) is 3.77. The van der Waals surface area contributed by atoms with Gasteiger partial charge in [-0.15, -0.1) is 0 Å². The molecule has 26 heavy (non-hydrogen) atoms. The fraction of sp³-hybridized carbons (Fsp3) is 0.150. The normalized spacial score (nSPS) is 11.6. The molecule has 1 N–H and O–H groups in total. The molecule has 0 aliphatic carbocycles. The number of carbonyl (C=O) groups is 2. The number of oxazole rings is 1. The van der Waals surface area contributed by atoms with E-state index in [0.717, 1.165) is 5.56 Å². The summed E-state index contributed by atoms with van der Waals surface area (Å²) in [5, 5.41) is 2.81. The van der Waals surface area contributed by atoms with Crippen LogP contribution in [0.4, 0.5) is 5.69 Å². The molecule has 1 aromatic heterocycles. The van der Waals surface area contributed by atoms with Gasteiger partial charge in [-0.05, 0) is 38.1 Å². The third-order valence-electron chi connectivity index (χ3n) is 3.77. The molecule has 1 atom stereocenters. The molecule has 132 valence electrons. The summed E-state index contributed by atoms with van der Waals surface area (Å²) >= 11 is 0. The van der Waals surface area contributed by atoms with E-state index in [2.05, 4.69) is 10.3 Å². The minimum atomic E-state index is -0.730. The maximum atomic E-state index is 12.4. The van der Waals surface area contributed by atoms with Crippen LogP contribution in [0.2, 0.25) is 0 Å². The molecule has 1 heterocycles. The van der Waals surface area contributed by atoms with E-state index >= 15 is 0 Å². The van der Waals surface area contributed by atoms with Gasteiger partial charge in [0.15, 0.2) is 24.0 Å². The monoisotopic (exact) mass is 350 g/mol. The van der Waals surface area contributed by atoms with E-state index in [0.29, 0.717) is 22.8 Å². The Bertz CT molecular complexity index is 919. The molecular weight excluding hydrogens is 332 g/mol. The topological polar surface area (TPSA) is 81.4 Å². The fourth-order valence-corrected chi connectivity index (χ4v) is 2.40. The largest absolute Gasteiger partial charge is 0.481 e. The lowest BCUT2D eigenvalue weighted by Crippen LogP contribution is -2.30. The predicted octanol–water partition coefficient (Wildman–Crippen LogP) is 3.95. The highest BCUT2D eigenvalue weighted by Gasteiger charge is 2.16. The minimum Gasteiger partial charge on any atom is -0.481 e. The van der Waals surface area contributed by atoms with E-state index in [1.54, 1.807) is 49.5 Å². The van der Waals surface area contributed by atoms with Crippen molar-refractivity contribution in [1.29, 1.82) is 0 Å². The number of Topliss-reactive ketones (excluding diaryl/α,β-unsaturated/α-hetero) is 1. The fourth-order valence-electron chi connectivity index (χ4n) is 2.40. The van der Waals surface area contributed by atoms with Crippen molar-refractivity contribution < 1.29 is 18.7 Å². The van der Waals surface area contributed by atoms with Crippen LogP contribution in [0.5, 0.6) is 5.75 Å². The lowest BCUT2D eigenvalue weighted by Gasteiger charge is -2.15. The van der Waals surface area contributed by atoms with Gasteiger partial charge >= 0.3 is 0 Å². The summed E-state index contributed by atoms with van der Waals surface area (Å²) < 4.78 is 10.9. The highest BCUT2D eigenvalue weighted by atomic mass is 16.5. The zero-order valence-corrected chi connectivity index (χ0v) is 14.4. The van der Waals surface area contributed by atoms with E-state index in [9.17, 15) is 9.59 Å². The standard InChI is InChI=1S/C20H18N2O4/c1-13(23)15-5-4-8-18(10-15)26-14(2)20(24)22-17-7-3-6-16(9-17)19-11-21-12-25-19/h3-12,14H,1-2H3,(H,22,24). The van der Waals surface area contributed by atoms with Gasteiger partial charge in [0, 0.05) is 16.8 Å². The van der Waals surface area contributed by atoms with Crippen LogP contribution >= 0.6 is 0 Å². The zero-order chi connectivity index (χ0) is 18.5. The molecule has 0 bridgehead atoms. The quantitative estimate of drug-likeness (QED) is 0.681. The van der Waals surface area contributed by atoms with Gasteiger partial charge in [-0.3, -0.25) is 9.59 Å². The molecule has 3 rings (SSSR count). The highest BCUT2D eigenvalue weighted by Crippen LogP contribution is 2.22. The maximum absolute atomic E-state index is 12.4. The molecule has 1 unspecified atom stereocenters. The molecule has 3 aromatic rings. The summed E-state index contributed by atoms with van der Waals surface area (Å²) in [4.78, 5) is 27.7. The first-order valence-electron chi connectivity index (χ1n) is 8.10. The second-order valence-corrected chi connectivity index (χ2v) is 5.78. The van der Waals surface area contributed by atoms with Crippen molar-refractivity contribution >= 4 is 17.4 Å². The molecule has 0 saturated carbocycles. The van der Waals surface area contributed by atoms with Crippen molar-refractivity contribution in [2.24, 2.45) is 0 Å². The number of hydrogen-bond acceptors (Lipinski definition) is 5. The number of ketones is 1. The number of carbonyl (C=O) groups excluding carboxylic acids is 2. The number of aromatic nitrogens is 1. The number of amides is 1. The van der Waals surface area contributed by atoms with Crippen LogP contribution in [-0.4, -0.2) is 22.8 Å². The van der Waals surface area contributed by atoms with E-state index < -0.39 is 6.10 Å². The smallest absolute Gasteiger partial charge is 0.265 e. The van der Waals surface area contributed by atoms with E-state index in [4.69, 9.17) is 9.15 Å². The number of ether oxygens (including phenoxy) is 1. The summed E-state index contributed by atoms with van der Waals surface area (Å²) in [6.07, 6.45) is 2.23. The number of nitrogens with one attached hydrogen (secondary N) is 1. The Morgan fingerprint density at radius 2 is 1.96 bits per heavy atom. The lowest BCUT2D eigenvalue weighted by atomic mass is 10.1. The molecule has 6 heteroatoms. The first kappa shape index (κ1) is 17.4.